The van der Waals surface area contributed by atoms with Crippen molar-refractivity contribution in [3.05, 3.63) is 34.6 Å². The zero-order valence-electron chi connectivity index (χ0n) is 12.7. The number of hydrogen-bond donors (Lipinski definition) is 2. The van der Waals surface area contributed by atoms with Gasteiger partial charge >= 0.3 is 0 Å². The van der Waals surface area contributed by atoms with E-state index in [-0.39, 0.29) is 11.9 Å². The van der Waals surface area contributed by atoms with E-state index in [1.54, 1.807) is 6.07 Å². The predicted molar refractivity (Wildman–Crippen MR) is 86.6 cm³/mol. The van der Waals surface area contributed by atoms with Gasteiger partial charge in [0.25, 0.3) is 0 Å². The molecule has 0 aliphatic heterocycles. The molecular weight excluding hydrogens is 287 g/mol. The SMILES string of the molecule is CCCC1CCC(C(Cc2cc(F)ccc2Cl)NN)CC1. The topological polar surface area (TPSA) is 38.0 Å². The molecule has 1 fully saturated rings. The van der Waals surface area contributed by atoms with Crippen molar-refractivity contribution >= 4 is 11.6 Å². The molecule has 0 heterocycles. The summed E-state index contributed by atoms with van der Waals surface area (Å²) >= 11 is 6.17. The minimum atomic E-state index is -0.239. The van der Waals surface area contributed by atoms with Crippen LogP contribution in [0.3, 0.4) is 0 Å². The Kier molecular flexibility index (Phi) is 6.46. The van der Waals surface area contributed by atoms with Crippen LogP contribution in [0.1, 0.15) is 51.0 Å². The van der Waals surface area contributed by atoms with E-state index in [1.165, 1.54) is 50.7 Å². The number of halogens is 2. The Morgan fingerprint density at radius 1 is 1.33 bits per heavy atom. The second-order valence-electron chi connectivity index (χ2n) is 6.28. The van der Waals surface area contributed by atoms with E-state index in [0.717, 1.165) is 11.5 Å². The molecule has 1 aliphatic carbocycles. The summed E-state index contributed by atoms with van der Waals surface area (Å²) in [4.78, 5) is 0. The largest absolute Gasteiger partial charge is 0.271 e. The quantitative estimate of drug-likeness (QED) is 0.601. The highest BCUT2D eigenvalue weighted by Gasteiger charge is 2.27. The van der Waals surface area contributed by atoms with Crippen LogP contribution in [0, 0.1) is 17.7 Å². The van der Waals surface area contributed by atoms with Crippen molar-refractivity contribution in [2.75, 3.05) is 0 Å². The van der Waals surface area contributed by atoms with Gasteiger partial charge in [-0.05, 0) is 54.9 Å². The molecule has 1 atom stereocenters. The van der Waals surface area contributed by atoms with E-state index in [2.05, 4.69) is 12.3 Å². The molecule has 0 radical (unpaired) electrons. The number of nitrogens with two attached hydrogens (primary N) is 1. The van der Waals surface area contributed by atoms with Gasteiger partial charge in [0, 0.05) is 11.1 Å². The summed E-state index contributed by atoms with van der Waals surface area (Å²) in [6.07, 6.45) is 8.27. The van der Waals surface area contributed by atoms with Crippen LogP contribution < -0.4 is 11.3 Å². The van der Waals surface area contributed by atoms with E-state index < -0.39 is 0 Å². The molecule has 0 bridgehead atoms. The predicted octanol–water partition coefficient (Wildman–Crippen LogP) is 4.46. The van der Waals surface area contributed by atoms with Gasteiger partial charge < -0.3 is 0 Å². The minimum Gasteiger partial charge on any atom is -0.271 e. The molecule has 4 heteroatoms. The van der Waals surface area contributed by atoms with E-state index in [9.17, 15) is 4.39 Å². The van der Waals surface area contributed by atoms with Crippen molar-refractivity contribution in [1.29, 1.82) is 0 Å². The molecule has 1 aromatic rings. The third-order valence-corrected chi connectivity index (χ3v) is 5.19. The standard InChI is InChI=1S/C17H26ClFN2/c1-2-3-12-4-6-13(7-5-12)17(21-20)11-14-10-15(19)8-9-16(14)18/h8-10,12-13,17,21H,2-7,11,20H2,1H3. The van der Waals surface area contributed by atoms with Gasteiger partial charge in [0.05, 0.1) is 0 Å². The molecule has 118 valence electrons. The first-order chi connectivity index (χ1) is 10.1. The molecule has 3 N–H and O–H groups in total. The molecule has 0 amide bonds. The second-order valence-corrected chi connectivity index (χ2v) is 6.69. The van der Waals surface area contributed by atoms with Gasteiger partial charge in [0.1, 0.15) is 5.82 Å². The average molecular weight is 313 g/mol. The number of rotatable bonds is 6. The average Bonchev–Trinajstić information content (AvgIpc) is 2.49. The summed E-state index contributed by atoms with van der Waals surface area (Å²) in [5, 5.41) is 0.622. The third-order valence-electron chi connectivity index (χ3n) is 4.82. The normalized spacial score (nSPS) is 24.0. The van der Waals surface area contributed by atoms with Crippen LogP contribution in [-0.4, -0.2) is 6.04 Å². The molecule has 2 rings (SSSR count). The fraction of sp³-hybridized carbons (Fsp3) is 0.647. The Morgan fingerprint density at radius 2 is 2.05 bits per heavy atom. The lowest BCUT2D eigenvalue weighted by molar-refractivity contribution is 0.213. The van der Waals surface area contributed by atoms with Crippen LogP contribution in [0.4, 0.5) is 4.39 Å². The maximum absolute atomic E-state index is 13.4. The summed E-state index contributed by atoms with van der Waals surface area (Å²) in [5.74, 6) is 6.94. The lowest BCUT2D eigenvalue weighted by atomic mass is 9.76. The molecule has 2 nitrogen and oxygen atoms in total. The Morgan fingerprint density at radius 3 is 2.67 bits per heavy atom. The van der Waals surface area contributed by atoms with Crippen LogP contribution in [0.5, 0.6) is 0 Å². The van der Waals surface area contributed by atoms with E-state index in [4.69, 9.17) is 17.4 Å². The Bertz CT molecular complexity index is 444. The Balaban J connectivity index is 1.96. The molecule has 1 aliphatic rings. The van der Waals surface area contributed by atoms with Crippen LogP contribution in [-0.2, 0) is 6.42 Å². The number of nitrogens with one attached hydrogen (secondary N) is 1. The van der Waals surface area contributed by atoms with Gasteiger partial charge in [-0.25, -0.2) is 4.39 Å². The van der Waals surface area contributed by atoms with Gasteiger partial charge in [-0.15, -0.1) is 0 Å². The highest BCUT2D eigenvalue weighted by molar-refractivity contribution is 6.31. The minimum absolute atomic E-state index is 0.173. The van der Waals surface area contributed by atoms with E-state index in [1.807, 2.05) is 0 Å². The van der Waals surface area contributed by atoms with Crippen molar-refractivity contribution in [2.45, 2.75) is 57.9 Å². The van der Waals surface area contributed by atoms with Gasteiger partial charge in [0.15, 0.2) is 0 Å². The highest BCUT2D eigenvalue weighted by Crippen LogP contribution is 2.34. The number of hydrazine groups is 1. The first kappa shape index (κ1) is 16.7. The lowest BCUT2D eigenvalue weighted by Gasteiger charge is -2.33. The highest BCUT2D eigenvalue weighted by atomic mass is 35.5. The maximum atomic E-state index is 13.4. The van der Waals surface area contributed by atoms with Gasteiger partial charge in [0.2, 0.25) is 0 Å². The fourth-order valence-corrected chi connectivity index (χ4v) is 3.78. The summed E-state index contributed by atoms with van der Waals surface area (Å²) in [6.45, 7) is 2.25. The molecule has 1 saturated carbocycles. The van der Waals surface area contributed by atoms with E-state index >= 15 is 0 Å². The second kappa shape index (κ2) is 8.11. The monoisotopic (exact) mass is 312 g/mol. The Labute approximate surface area is 132 Å². The zero-order chi connectivity index (χ0) is 15.2. The van der Waals surface area contributed by atoms with Crippen molar-refractivity contribution < 1.29 is 4.39 Å². The van der Waals surface area contributed by atoms with Crippen molar-refractivity contribution in [3.8, 4) is 0 Å². The lowest BCUT2D eigenvalue weighted by Crippen LogP contribution is -2.43. The van der Waals surface area contributed by atoms with E-state index in [0.29, 0.717) is 17.4 Å². The van der Waals surface area contributed by atoms with Crippen LogP contribution >= 0.6 is 11.6 Å². The first-order valence-electron chi connectivity index (χ1n) is 8.04. The number of benzene rings is 1. The van der Waals surface area contributed by atoms with Crippen LogP contribution in [0.25, 0.3) is 0 Å². The summed E-state index contributed by atoms with van der Waals surface area (Å²) in [7, 11) is 0. The van der Waals surface area contributed by atoms with Crippen molar-refractivity contribution in [3.63, 3.8) is 0 Å². The van der Waals surface area contributed by atoms with Gasteiger partial charge in [-0.3, -0.25) is 11.3 Å². The fourth-order valence-electron chi connectivity index (χ4n) is 3.59. The van der Waals surface area contributed by atoms with Crippen LogP contribution in [0.15, 0.2) is 18.2 Å². The molecule has 1 aromatic carbocycles. The summed E-state index contributed by atoms with van der Waals surface area (Å²) in [5.41, 5.74) is 3.78. The van der Waals surface area contributed by atoms with Gasteiger partial charge in [-0.2, -0.15) is 0 Å². The molecule has 0 aromatic heterocycles. The molecular formula is C17H26ClFN2. The number of hydrogen-bond acceptors (Lipinski definition) is 2. The summed E-state index contributed by atoms with van der Waals surface area (Å²) in [6, 6.07) is 4.71. The first-order valence-corrected chi connectivity index (χ1v) is 8.41. The molecule has 1 unspecified atom stereocenters. The molecule has 0 saturated heterocycles. The van der Waals surface area contributed by atoms with Crippen molar-refractivity contribution in [1.82, 2.24) is 5.43 Å². The zero-order valence-corrected chi connectivity index (χ0v) is 13.5. The smallest absolute Gasteiger partial charge is 0.123 e. The third kappa shape index (κ3) is 4.67. The maximum Gasteiger partial charge on any atom is 0.123 e. The van der Waals surface area contributed by atoms with Crippen molar-refractivity contribution in [2.24, 2.45) is 17.7 Å². The molecule has 0 spiro atoms. The molecule has 21 heavy (non-hydrogen) atoms. The van der Waals surface area contributed by atoms with Gasteiger partial charge in [-0.1, -0.05) is 44.2 Å². The summed E-state index contributed by atoms with van der Waals surface area (Å²) < 4.78 is 13.4. The van der Waals surface area contributed by atoms with Crippen LogP contribution in [0.2, 0.25) is 5.02 Å². The Hall–Kier alpha value is -0.640.